The molecule has 0 aliphatic carbocycles. The Hall–Kier alpha value is -3.60. The van der Waals surface area contributed by atoms with E-state index in [9.17, 15) is 14.4 Å². The molecule has 0 saturated heterocycles. The van der Waals surface area contributed by atoms with E-state index in [-0.39, 0.29) is 30.2 Å². The highest BCUT2D eigenvalue weighted by Gasteiger charge is 2.17. The number of hydrogen-bond donors (Lipinski definition) is 7. The van der Waals surface area contributed by atoms with Crippen molar-refractivity contribution in [3.63, 3.8) is 0 Å². The fourth-order valence-corrected chi connectivity index (χ4v) is 2.83. The SMILES string of the molecule is Nc1nc(N)c(CCCNc2ccc(CN[C@@H](CCC(=O)O)C(=O)O)cc2)c(=O)[nH]1. The fraction of sp³-hybridized carbons (Fsp3) is 0.368. The number of nitrogens with zero attached hydrogens (tertiary/aromatic N) is 1. The number of aromatic nitrogens is 2. The summed E-state index contributed by atoms with van der Waals surface area (Å²) in [7, 11) is 0. The van der Waals surface area contributed by atoms with Gasteiger partial charge in [-0.25, -0.2) is 0 Å². The van der Waals surface area contributed by atoms with Crippen LogP contribution in [0.5, 0.6) is 0 Å². The normalized spacial score (nSPS) is 11.7. The standard InChI is InChI=1S/C19H26N6O5/c20-16-13(17(28)25-19(21)24-16)2-1-9-22-12-5-3-11(4-6-12)10-23-14(18(29)30)7-8-15(26)27/h3-6,14,22-23H,1-2,7-10H2,(H,26,27)(H,29,30)(H5,20,21,24,25,28)/t14-/m0/s1. The summed E-state index contributed by atoms with van der Waals surface area (Å²) in [6.07, 6.45) is 0.917. The van der Waals surface area contributed by atoms with Crippen LogP contribution in [-0.2, 0) is 22.6 Å². The average Bonchev–Trinajstić information content (AvgIpc) is 2.67. The Morgan fingerprint density at radius 2 is 1.87 bits per heavy atom. The molecule has 30 heavy (non-hydrogen) atoms. The summed E-state index contributed by atoms with van der Waals surface area (Å²) in [5, 5.41) is 23.9. The second kappa shape index (κ2) is 10.8. The number of aromatic amines is 1. The number of anilines is 3. The van der Waals surface area contributed by atoms with Crippen LogP contribution in [0.15, 0.2) is 29.1 Å². The third-order valence-corrected chi connectivity index (χ3v) is 4.45. The van der Waals surface area contributed by atoms with Crippen molar-refractivity contribution in [3.05, 3.63) is 45.7 Å². The third kappa shape index (κ3) is 7.09. The number of nitrogen functional groups attached to an aromatic ring is 2. The lowest BCUT2D eigenvalue weighted by Crippen LogP contribution is -2.36. The van der Waals surface area contributed by atoms with Crippen molar-refractivity contribution in [1.82, 2.24) is 15.3 Å². The number of H-pyrrole nitrogens is 1. The fourth-order valence-electron chi connectivity index (χ4n) is 2.83. The van der Waals surface area contributed by atoms with Gasteiger partial charge in [-0.15, -0.1) is 0 Å². The van der Waals surface area contributed by atoms with E-state index in [0.717, 1.165) is 11.3 Å². The molecule has 0 fully saturated rings. The minimum Gasteiger partial charge on any atom is -0.481 e. The minimum absolute atomic E-state index is 0.00878. The molecule has 0 radical (unpaired) electrons. The predicted molar refractivity (Wildman–Crippen MR) is 112 cm³/mol. The zero-order chi connectivity index (χ0) is 22.1. The van der Waals surface area contributed by atoms with E-state index in [4.69, 9.17) is 21.7 Å². The monoisotopic (exact) mass is 418 g/mol. The summed E-state index contributed by atoms with van der Waals surface area (Å²) in [6, 6.07) is 6.49. The van der Waals surface area contributed by atoms with Gasteiger partial charge in [-0.1, -0.05) is 12.1 Å². The second-order valence-corrected chi connectivity index (χ2v) is 6.75. The number of carboxylic acids is 2. The number of carboxylic acid groups (broad SMARTS) is 2. The Labute approximate surface area is 172 Å². The van der Waals surface area contributed by atoms with Crippen molar-refractivity contribution in [3.8, 4) is 0 Å². The minimum atomic E-state index is -1.08. The molecule has 0 saturated carbocycles. The molecule has 2 rings (SSSR count). The van der Waals surface area contributed by atoms with Gasteiger partial charge in [0.25, 0.3) is 5.56 Å². The number of nitrogens with one attached hydrogen (secondary N) is 3. The molecule has 0 aliphatic rings. The van der Waals surface area contributed by atoms with Crippen LogP contribution in [0.4, 0.5) is 17.5 Å². The van der Waals surface area contributed by atoms with Gasteiger partial charge < -0.3 is 32.3 Å². The van der Waals surface area contributed by atoms with Crippen LogP contribution in [0.1, 0.15) is 30.4 Å². The van der Waals surface area contributed by atoms with Gasteiger partial charge in [0.1, 0.15) is 11.9 Å². The maximum Gasteiger partial charge on any atom is 0.320 e. The third-order valence-electron chi connectivity index (χ3n) is 4.45. The molecular weight excluding hydrogens is 392 g/mol. The number of nitrogens with two attached hydrogens (primary N) is 2. The van der Waals surface area contributed by atoms with Crippen LogP contribution in [0.25, 0.3) is 0 Å². The van der Waals surface area contributed by atoms with Crippen LogP contribution < -0.4 is 27.7 Å². The Kier molecular flexibility index (Phi) is 8.18. The van der Waals surface area contributed by atoms with Gasteiger partial charge in [-0.05, 0) is 37.0 Å². The zero-order valence-electron chi connectivity index (χ0n) is 16.4. The molecule has 0 amide bonds. The maximum atomic E-state index is 11.8. The summed E-state index contributed by atoms with van der Waals surface area (Å²) in [5.41, 5.74) is 13.0. The van der Waals surface area contributed by atoms with E-state index in [1.54, 1.807) is 0 Å². The summed E-state index contributed by atoms with van der Waals surface area (Å²) >= 11 is 0. The molecule has 11 heteroatoms. The smallest absolute Gasteiger partial charge is 0.320 e. The Morgan fingerprint density at radius 1 is 1.17 bits per heavy atom. The summed E-state index contributed by atoms with van der Waals surface area (Å²) in [6.45, 7) is 0.917. The van der Waals surface area contributed by atoms with Gasteiger partial charge in [0.15, 0.2) is 0 Å². The van der Waals surface area contributed by atoms with Crippen molar-refractivity contribution in [2.24, 2.45) is 0 Å². The molecule has 162 valence electrons. The van der Waals surface area contributed by atoms with Crippen LogP contribution in [0.2, 0.25) is 0 Å². The van der Waals surface area contributed by atoms with Gasteiger partial charge in [-0.2, -0.15) is 4.98 Å². The van der Waals surface area contributed by atoms with E-state index in [2.05, 4.69) is 20.6 Å². The summed E-state index contributed by atoms with van der Waals surface area (Å²) in [5.74, 6) is -1.98. The van der Waals surface area contributed by atoms with Crippen molar-refractivity contribution in [2.45, 2.75) is 38.3 Å². The summed E-state index contributed by atoms with van der Waals surface area (Å²) < 4.78 is 0. The molecule has 1 aromatic carbocycles. The number of benzene rings is 1. The average molecular weight is 418 g/mol. The first kappa shape index (κ1) is 22.7. The molecule has 0 bridgehead atoms. The van der Waals surface area contributed by atoms with Crippen LogP contribution in [0.3, 0.4) is 0 Å². The van der Waals surface area contributed by atoms with Gasteiger partial charge in [0.2, 0.25) is 5.95 Å². The molecule has 1 aromatic heterocycles. The maximum absolute atomic E-state index is 11.8. The first-order valence-electron chi connectivity index (χ1n) is 9.41. The lowest BCUT2D eigenvalue weighted by atomic mass is 10.1. The van der Waals surface area contributed by atoms with E-state index in [1.165, 1.54) is 0 Å². The van der Waals surface area contributed by atoms with Crippen molar-refractivity contribution < 1.29 is 19.8 Å². The van der Waals surface area contributed by atoms with Crippen LogP contribution >= 0.6 is 0 Å². The molecule has 9 N–H and O–H groups in total. The van der Waals surface area contributed by atoms with Crippen molar-refractivity contribution in [1.29, 1.82) is 0 Å². The summed E-state index contributed by atoms with van der Waals surface area (Å²) in [4.78, 5) is 39.9. The molecule has 11 nitrogen and oxygen atoms in total. The number of aliphatic carboxylic acids is 2. The number of carbonyl (C=O) groups is 2. The molecule has 0 aliphatic heterocycles. The largest absolute Gasteiger partial charge is 0.481 e. The molecule has 1 atom stereocenters. The van der Waals surface area contributed by atoms with Crippen molar-refractivity contribution >= 4 is 29.4 Å². The zero-order valence-corrected chi connectivity index (χ0v) is 16.4. The van der Waals surface area contributed by atoms with Gasteiger partial charge in [0.05, 0.1) is 5.56 Å². The predicted octanol–water partition coefficient (Wildman–Crippen LogP) is 0.387. The molecule has 0 spiro atoms. The first-order chi connectivity index (χ1) is 14.3. The van der Waals surface area contributed by atoms with E-state index < -0.39 is 18.0 Å². The highest BCUT2D eigenvalue weighted by Crippen LogP contribution is 2.11. The number of hydrogen-bond acceptors (Lipinski definition) is 8. The Morgan fingerprint density at radius 3 is 2.47 bits per heavy atom. The molecule has 2 aromatic rings. The molecule has 0 unspecified atom stereocenters. The Bertz CT molecular complexity index is 928. The molecule has 1 heterocycles. The van der Waals surface area contributed by atoms with Crippen molar-refractivity contribution in [2.75, 3.05) is 23.3 Å². The number of rotatable bonds is 12. The highest BCUT2D eigenvalue weighted by atomic mass is 16.4. The Balaban J connectivity index is 1.78. The second-order valence-electron chi connectivity index (χ2n) is 6.75. The lowest BCUT2D eigenvalue weighted by molar-refractivity contribution is -0.140. The van der Waals surface area contributed by atoms with Crippen LogP contribution in [0, 0.1) is 0 Å². The van der Waals surface area contributed by atoms with Crippen LogP contribution in [-0.4, -0.2) is 44.7 Å². The van der Waals surface area contributed by atoms with E-state index >= 15 is 0 Å². The first-order valence-corrected chi connectivity index (χ1v) is 9.41. The molecular formula is C19H26N6O5. The van der Waals surface area contributed by atoms with E-state index in [0.29, 0.717) is 31.5 Å². The quantitative estimate of drug-likeness (QED) is 0.237. The van der Waals surface area contributed by atoms with Gasteiger partial charge in [-0.3, -0.25) is 19.4 Å². The van der Waals surface area contributed by atoms with Gasteiger partial charge in [0, 0.05) is 25.2 Å². The van der Waals surface area contributed by atoms with Gasteiger partial charge >= 0.3 is 11.9 Å². The van der Waals surface area contributed by atoms with E-state index in [1.807, 2.05) is 24.3 Å². The lowest BCUT2D eigenvalue weighted by Gasteiger charge is -2.14. The highest BCUT2D eigenvalue weighted by molar-refractivity contribution is 5.75. The topological polar surface area (TPSA) is 196 Å².